The normalized spacial score (nSPS) is 15.9. The molecular weight excluding hydrogens is 633 g/mol. The molecule has 10 nitrogen and oxygen atoms in total. The molecule has 2 unspecified atom stereocenters. The number of anilines is 1. The van der Waals surface area contributed by atoms with Crippen LogP contribution in [-0.4, -0.2) is 98.8 Å². The van der Waals surface area contributed by atoms with Crippen molar-refractivity contribution in [1.29, 1.82) is 0 Å². The molecule has 1 fully saturated rings. The molecule has 0 saturated carbocycles. The number of hydrogen-bond acceptors (Lipinski definition) is 8. The fraction of sp³-hybridized carbons (Fsp3) is 0.471. The number of nitrogens with zero attached hydrogens (tertiary/aromatic N) is 5. The van der Waals surface area contributed by atoms with Gasteiger partial charge >= 0.3 is 273 Å². The van der Waals surface area contributed by atoms with E-state index in [2.05, 4.69) is 28.9 Å². The standard InChI is InChI=1S/C34H44AsN5O5/c1-4-5-6-7-11-22-45-34(43)40-29-24-39(33(42)30(44-3)25-12-9-8-10-13-25)23-28(29)31(36-40)35-32(41)26-14-16-27(17-15-26)38-20-18-37(2)19-21-38/h8-10,12-17,30,35H,4-7,11,18-24H2,1-3H3. The summed E-state index contributed by atoms with van der Waals surface area (Å²) in [5.74, 6) is -0.201. The van der Waals surface area contributed by atoms with Gasteiger partial charge in [0, 0.05) is 0 Å². The van der Waals surface area contributed by atoms with Gasteiger partial charge in [-0.3, -0.25) is 0 Å². The summed E-state index contributed by atoms with van der Waals surface area (Å²) in [4.78, 5) is 46.7. The third-order valence-corrected chi connectivity index (χ3v) is 11.0. The van der Waals surface area contributed by atoms with E-state index in [9.17, 15) is 14.4 Å². The van der Waals surface area contributed by atoms with E-state index in [4.69, 9.17) is 9.47 Å². The Hall–Kier alpha value is -3.46. The molecule has 2 aromatic carbocycles. The Kier molecular flexibility index (Phi) is 11.5. The van der Waals surface area contributed by atoms with Crippen LogP contribution in [-0.2, 0) is 27.4 Å². The van der Waals surface area contributed by atoms with E-state index < -0.39 is 27.9 Å². The summed E-state index contributed by atoms with van der Waals surface area (Å²) in [6, 6.07) is 17.2. The van der Waals surface area contributed by atoms with E-state index in [1.807, 2.05) is 54.6 Å². The number of rotatable bonds is 13. The number of aromatic nitrogens is 2. The van der Waals surface area contributed by atoms with Crippen LogP contribution in [0.3, 0.4) is 0 Å². The summed E-state index contributed by atoms with van der Waals surface area (Å²) < 4.78 is 13.1. The van der Waals surface area contributed by atoms with Gasteiger partial charge in [0.05, 0.1) is 0 Å². The number of amides is 1. The van der Waals surface area contributed by atoms with Crippen LogP contribution in [0.15, 0.2) is 54.6 Å². The Bertz CT molecular complexity index is 1450. The third-order valence-electron chi connectivity index (χ3n) is 8.53. The molecule has 0 aliphatic carbocycles. The van der Waals surface area contributed by atoms with Crippen LogP contribution < -0.4 is 9.38 Å². The summed E-state index contributed by atoms with van der Waals surface area (Å²) in [5.41, 5.74) is 3.89. The van der Waals surface area contributed by atoms with Gasteiger partial charge in [-0.15, -0.1) is 0 Å². The molecule has 2 atom stereocenters. The summed E-state index contributed by atoms with van der Waals surface area (Å²) in [6.07, 6.45) is 3.87. The number of ether oxygens (including phenoxy) is 2. The summed E-state index contributed by atoms with van der Waals surface area (Å²) in [7, 11) is 3.65. The van der Waals surface area contributed by atoms with Crippen LogP contribution in [0.2, 0.25) is 0 Å². The molecule has 0 radical (unpaired) electrons. The Labute approximate surface area is 272 Å². The van der Waals surface area contributed by atoms with Crippen LogP contribution in [0, 0.1) is 0 Å². The fourth-order valence-corrected chi connectivity index (χ4v) is 8.02. The second kappa shape index (κ2) is 15.7. The van der Waals surface area contributed by atoms with E-state index in [0.29, 0.717) is 22.3 Å². The molecule has 0 bridgehead atoms. The summed E-state index contributed by atoms with van der Waals surface area (Å²) in [5, 5.41) is 4.64. The summed E-state index contributed by atoms with van der Waals surface area (Å²) >= 11 is -1.42. The zero-order chi connectivity index (χ0) is 31.8. The molecule has 2 aliphatic rings. The zero-order valence-electron chi connectivity index (χ0n) is 26.5. The molecule has 5 rings (SSSR count). The van der Waals surface area contributed by atoms with Gasteiger partial charge in [0.2, 0.25) is 0 Å². The molecule has 2 aliphatic heterocycles. The Balaban J connectivity index is 1.32. The second-order valence-corrected chi connectivity index (χ2v) is 14.2. The molecule has 0 spiro atoms. The molecule has 0 N–H and O–H groups in total. The fourth-order valence-electron chi connectivity index (χ4n) is 5.82. The number of methoxy groups -OCH3 is 1. The van der Waals surface area contributed by atoms with Gasteiger partial charge in [0.15, 0.2) is 0 Å². The van der Waals surface area contributed by atoms with E-state index in [1.165, 1.54) is 11.8 Å². The molecule has 240 valence electrons. The van der Waals surface area contributed by atoms with Crippen molar-refractivity contribution < 1.29 is 23.9 Å². The minimum absolute atomic E-state index is 0.0282. The van der Waals surface area contributed by atoms with Crippen LogP contribution >= 0.6 is 0 Å². The van der Waals surface area contributed by atoms with Gasteiger partial charge in [0.1, 0.15) is 0 Å². The van der Waals surface area contributed by atoms with Gasteiger partial charge in [-0.05, 0) is 0 Å². The first-order valence-corrected chi connectivity index (χ1v) is 18.0. The number of piperazine rings is 1. The Morgan fingerprint density at radius 3 is 2.31 bits per heavy atom. The number of carbonyl (C=O) groups excluding carboxylic acids is 3. The molecular formula is C34H44AsN5O5. The second-order valence-electron chi connectivity index (χ2n) is 11.7. The molecule has 1 saturated heterocycles. The van der Waals surface area contributed by atoms with Gasteiger partial charge in [-0.25, -0.2) is 0 Å². The monoisotopic (exact) mass is 677 g/mol. The molecule has 3 heterocycles. The van der Waals surface area contributed by atoms with Crippen molar-refractivity contribution in [2.75, 3.05) is 51.8 Å². The van der Waals surface area contributed by atoms with Crippen molar-refractivity contribution in [3.05, 3.63) is 77.0 Å². The van der Waals surface area contributed by atoms with Crippen molar-refractivity contribution >= 4 is 42.5 Å². The Morgan fingerprint density at radius 1 is 0.911 bits per heavy atom. The minimum atomic E-state index is -1.42. The number of hydrogen-bond donors (Lipinski definition) is 0. The van der Waals surface area contributed by atoms with E-state index >= 15 is 0 Å². The topological polar surface area (TPSA) is 97.2 Å². The molecule has 45 heavy (non-hydrogen) atoms. The van der Waals surface area contributed by atoms with Gasteiger partial charge in [0.25, 0.3) is 0 Å². The van der Waals surface area contributed by atoms with E-state index in [-0.39, 0.29) is 23.6 Å². The quantitative estimate of drug-likeness (QED) is 0.200. The molecule has 3 aromatic rings. The number of fused-ring (bicyclic) bond motifs is 1. The van der Waals surface area contributed by atoms with Crippen molar-refractivity contribution in [2.45, 2.75) is 58.2 Å². The van der Waals surface area contributed by atoms with Crippen LogP contribution in [0.1, 0.15) is 72.3 Å². The van der Waals surface area contributed by atoms with E-state index in [1.54, 1.807) is 4.90 Å². The first kappa shape index (κ1) is 32.9. The number of unbranched alkanes of at least 4 members (excludes halogenated alkanes) is 4. The average molecular weight is 678 g/mol. The zero-order valence-corrected chi connectivity index (χ0v) is 28.6. The Morgan fingerprint density at radius 2 is 1.62 bits per heavy atom. The number of carbonyl (C=O) groups is 3. The predicted octanol–water partition coefficient (Wildman–Crippen LogP) is 3.72. The van der Waals surface area contributed by atoms with E-state index in [0.717, 1.165) is 75.1 Å². The van der Waals surface area contributed by atoms with Crippen LogP contribution in [0.4, 0.5) is 10.5 Å². The third kappa shape index (κ3) is 8.04. The van der Waals surface area contributed by atoms with Gasteiger partial charge < -0.3 is 0 Å². The van der Waals surface area contributed by atoms with Crippen molar-refractivity contribution in [2.24, 2.45) is 0 Å². The maximum absolute atomic E-state index is 13.6. The van der Waals surface area contributed by atoms with Crippen LogP contribution in [0.25, 0.3) is 0 Å². The first-order chi connectivity index (χ1) is 21.9. The van der Waals surface area contributed by atoms with Crippen LogP contribution in [0.5, 0.6) is 0 Å². The predicted molar refractivity (Wildman–Crippen MR) is 175 cm³/mol. The molecule has 11 heteroatoms. The SMILES string of the molecule is CCCCCCCOC(=O)n1nc([AsH]C(=O)c2ccc(N3CCN(C)CC3)cc2)c2c1CN(C(=O)C(OC)c1ccccc1)C2. The van der Waals surface area contributed by atoms with Crippen molar-refractivity contribution in [3.8, 4) is 0 Å². The number of benzene rings is 2. The summed E-state index contributed by atoms with van der Waals surface area (Å²) in [6.45, 7) is 6.87. The molecule has 1 amide bonds. The van der Waals surface area contributed by atoms with Gasteiger partial charge in [-0.2, -0.15) is 0 Å². The van der Waals surface area contributed by atoms with Crippen molar-refractivity contribution in [1.82, 2.24) is 19.6 Å². The van der Waals surface area contributed by atoms with Gasteiger partial charge in [-0.1, -0.05) is 0 Å². The average Bonchev–Trinajstić information content (AvgIpc) is 3.64. The van der Waals surface area contributed by atoms with Crippen molar-refractivity contribution in [3.63, 3.8) is 0 Å². The molecule has 1 aromatic heterocycles. The number of likely N-dealkylation sites (N-methyl/N-ethyl adjacent to an activating group) is 1. The maximum atomic E-state index is 13.6. The first-order valence-electron chi connectivity index (χ1n) is 15.9.